The minimum atomic E-state index is -0.344. The Kier molecular flexibility index (Phi) is 6.78. The molecule has 32 heavy (non-hydrogen) atoms. The number of hydrogen-bond donors (Lipinski definition) is 0. The van der Waals surface area contributed by atoms with Gasteiger partial charge in [-0.25, -0.2) is 9.78 Å². The molecular weight excluding hydrogens is 418 g/mol. The molecule has 158 valence electrons. The Balaban J connectivity index is 1.60. The van der Waals surface area contributed by atoms with E-state index in [1.54, 1.807) is 13.0 Å². The highest BCUT2D eigenvalue weighted by Gasteiger charge is 2.04. The fourth-order valence-corrected chi connectivity index (χ4v) is 3.61. The average molecular weight is 440 g/mol. The Labute approximate surface area is 192 Å². The first-order chi connectivity index (χ1) is 15.6. The molecule has 0 unspecified atom stereocenters. The van der Waals surface area contributed by atoms with E-state index in [4.69, 9.17) is 16.3 Å². The normalized spacial score (nSPS) is 11.4. The Morgan fingerprint density at radius 3 is 2.66 bits per heavy atom. The zero-order chi connectivity index (χ0) is 22.3. The van der Waals surface area contributed by atoms with Crippen LogP contribution in [0.1, 0.15) is 23.7 Å². The van der Waals surface area contributed by atoms with Crippen molar-refractivity contribution in [3.05, 3.63) is 107 Å². The molecule has 0 radical (unpaired) electrons. The summed E-state index contributed by atoms with van der Waals surface area (Å²) in [5, 5.41) is 1.73. The molecule has 3 nitrogen and oxygen atoms in total. The van der Waals surface area contributed by atoms with Gasteiger partial charge in [0.05, 0.1) is 17.8 Å². The zero-order valence-electron chi connectivity index (χ0n) is 17.7. The van der Waals surface area contributed by atoms with Gasteiger partial charge in [-0.15, -0.1) is 0 Å². The summed E-state index contributed by atoms with van der Waals surface area (Å²) in [5.74, 6) is -0.344. The van der Waals surface area contributed by atoms with E-state index in [1.807, 2.05) is 72.8 Å². The van der Waals surface area contributed by atoms with Crippen LogP contribution in [-0.4, -0.2) is 17.6 Å². The molecule has 0 N–H and O–H groups in total. The number of fused-ring (bicyclic) bond motifs is 1. The summed E-state index contributed by atoms with van der Waals surface area (Å²) in [5.41, 5.74) is 5.85. The average Bonchev–Trinajstić information content (AvgIpc) is 2.82. The number of pyridine rings is 1. The van der Waals surface area contributed by atoms with Crippen LogP contribution in [0.2, 0.25) is 5.02 Å². The number of hydrogen-bond acceptors (Lipinski definition) is 3. The maximum Gasteiger partial charge on any atom is 0.330 e. The summed E-state index contributed by atoms with van der Waals surface area (Å²) in [6.07, 6.45) is 7.29. The van der Waals surface area contributed by atoms with E-state index < -0.39 is 0 Å². The monoisotopic (exact) mass is 439 g/mol. The third kappa shape index (κ3) is 5.32. The van der Waals surface area contributed by atoms with E-state index in [0.29, 0.717) is 11.6 Å². The second-order valence-electron chi connectivity index (χ2n) is 7.20. The third-order valence-electron chi connectivity index (χ3n) is 4.97. The maximum atomic E-state index is 11.7. The molecule has 0 aliphatic carbocycles. The van der Waals surface area contributed by atoms with Crippen molar-refractivity contribution in [2.45, 2.75) is 6.92 Å². The van der Waals surface area contributed by atoms with Crippen LogP contribution in [0.5, 0.6) is 0 Å². The summed E-state index contributed by atoms with van der Waals surface area (Å²) < 4.78 is 4.99. The van der Waals surface area contributed by atoms with Crippen LogP contribution in [0.15, 0.2) is 84.9 Å². The molecule has 0 spiro atoms. The van der Waals surface area contributed by atoms with Crippen LogP contribution >= 0.6 is 11.6 Å². The van der Waals surface area contributed by atoms with Crippen molar-refractivity contribution in [1.29, 1.82) is 0 Å². The number of carbonyl (C=O) groups is 1. The number of carbonyl (C=O) groups excluding carboxylic acids is 1. The van der Waals surface area contributed by atoms with Gasteiger partial charge in [0.2, 0.25) is 0 Å². The maximum absolute atomic E-state index is 11.7. The number of halogens is 1. The summed E-state index contributed by atoms with van der Waals surface area (Å²) in [6, 6.07) is 26.0. The Morgan fingerprint density at radius 1 is 0.938 bits per heavy atom. The predicted octanol–water partition coefficient (Wildman–Crippen LogP) is 7.30. The minimum Gasteiger partial charge on any atom is -0.463 e. The summed E-state index contributed by atoms with van der Waals surface area (Å²) in [7, 11) is 0. The topological polar surface area (TPSA) is 39.2 Å². The molecule has 4 heteroatoms. The Bertz CT molecular complexity index is 1320. The molecule has 0 amide bonds. The second-order valence-corrected chi connectivity index (χ2v) is 7.64. The molecule has 1 aromatic heterocycles. The summed E-state index contributed by atoms with van der Waals surface area (Å²) in [4.78, 5) is 16.4. The SMILES string of the molecule is CCOC(=O)/C=C/c1ccccc1-c1cccc(C=Cc2ccc3ccc(Cl)cc3n2)c1. The van der Waals surface area contributed by atoms with Gasteiger partial charge in [0.15, 0.2) is 0 Å². The first-order valence-electron chi connectivity index (χ1n) is 10.4. The van der Waals surface area contributed by atoms with Crippen molar-refractivity contribution in [1.82, 2.24) is 4.98 Å². The highest BCUT2D eigenvalue weighted by Crippen LogP contribution is 2.26. The van der Waals surface area contributed by atoms with Crippen LogP contribution in [-0.2, 0) is 9.53 Å². The van der Waals surface area contributed by atoms with Gasteiger partial charge in [0.25, 0.3) is 0 Å². The molecule has 0 aliphatic rings. The lowest BCUT2D eigenvalue weighted by Gasteiger charge is -2.07. The standard InChI is InChI=1S/C28H22ClNO2/c1-2-32-28(31)17-13-21-7-3-4-9-26(21)23-8-5-6-20(18-23)10-15-25-16-12-22-11-14-24(29)19-27(22)30-25/h3-19H,2H2,1H3/b15-10?,17-13+. The van der Waals surface area contributed by atoms with Crippen molar-refractivity contribution in [2.24, 2.45) is 0 Å². The van der Waals surface area contributed by atoms with E-state index in [-0.39, 0.29) is 5.97 Å². The first kappa shape index (κ1) is 21.5. The van der Waals surface area contributed by atoms with Gasteiger partial charge in [-0.1, -0.05) is 72.3 Å². The van der Waals surface area contributed by atoms with E-state index in [0.717, 1.165) is 38.9 Å². The zero-order valence-corrected chi connectivity index (χ0v) is 18.4. The van der Waals surface area contributed by atoms with Crippen molar-refractivity contribution < 1.29 is 9.53 Å². The van der Waals surface area contributed by atoms with Crippen molar-refractivity contribution in [3.63, 3.8) is 0 Å². The van der Waals surface area contributed by atoms with Crippen molar-refractivity contribution in [3.8, 4) is 11.1 Å². The fourth-order valence-electron chi connectivity index (χ4n) is 3.44. The van der Waals surface area contributed by atoms with Crippen LogP contribution < -0.4 is 0 Å². The molecule has 0 saturated carbocycles. The molecule has 3 aromatic carbocycles. The number of ether oxygens (including phenoxy) is 1. The predicted molar refractivity (Wildman–Crippen MR) is 133 cm³/mol. The van der Waals surface area contributed by atoms with E-state index >= 15 is 0 Å². The number of benzene rings is 3. The fraction of sp³-hybridized carbons (Fsp3) is 0.0714. The lowest BCUT2D eigenvalue weighted by Crippen LogP contribution is -1.98. The van der Waals surface area contributed by atoms with Gasteiger partial charge in [-0.05, 0) is 65.6 Å². The van der Waals surface area contributed by atoms with E-state index in [1.165, 1.54) is 6.08 Å². The van der Waals surface area contributed by atoms with Gasteiger partial charge >= 0.3 is 5.97 Å². The Hall–Kier alpha value is -3.69. The molecule has 0 bridgehead atoms. The molecule has 0 atom stereocenters. The molecule has 1 heterocycles. The van der Waals surface area contributed by atoms with Gasteiger partial charge in [-0.3, -0.25) is 0 Å². The van der Waals surface area contributed by atoms with Gasteiger partial charge < -0.3 is 4.74 Å². The molecule has 4 aromatic rings. The lowest BCUT2D eigenvalue weighted by molar-refractivity contribution is -0.137. The van der Waals surface area contributed by atoms with Crippen LogP contribution in [0, 0.1) is 0 Å². The number of rotatable bonds is 6. The van der Waals surface area contributed by atoms with Gasteiger partial charge in [-0.2, -0.15) is 0 Å². The lowest BCUT2D eigenvalue weighted by atomic mass is 9.97. The molecule has 0 aliphatic heterocycles. The van der Waals surface area contributed by atoms with Crippen molar-refractivity contribution >= 4 is 46.7 Å². The number of aromatic nitrogens is 1. The smallest absolute Gasteiger partial charge is 0.330 e. The molecule has 0 saturated heterocycles. The quantitative estimate of drug-likeness (QED) is 0.233. The van der Waals surface area contributed by atoms with E-state index in [9.17, 15) is 4.79 Å². The molecular formula is C28H22ClNO2. The third-order valence-corrected chi connectivity index (χ3v) is 5.20. The molecule has 4 rings (SSSR count). The number of esters is 1. The van der Waals surface area contributed by atoms with Gasteiger partial charge in [0, 0.05) is 16.5 Å². The molecule has 0 fully saturated rings. The highest BCUT2D eigenvalue weighted by atomic mass is 35.5. The summed E-state index contributed by atoms with van der Waals surface area (Å²) >= 11 is 6.10. The van der Waals surface area contributed by atoms with E-state index in [2.05, 4.69) is 23.2 Å². The number of nitrogens with zero attached hydrogens (tertiary/aromatic N) is 1. The van der Waals surface area contributed by atoms with Gasteiger partial charge in [0.1, 0.15) is 0 Å². The second kappa shape index (κ2) is 10.1. The first-order valence-corrected chi connectivity index (χ1v) is 10.8. The van der Waals surface area contributed by atoms with Crippen molar-refractivity contribution in [2.75, 3.05) is 6.61 Å². The largest absolute Gasteiger partial charge is 0.463 e. The highest BCUT2D eigenvalue weighted by molar-refractivity contribution is 6.31. The minimum absolute atomic E-state index is 0.344. The van der Waals surface area contributed by atoms with Crippen LogP contribution in [0.25, 0.3) is 40.3 Å². The van der Waals surface area contributed by atoms with Crippen LogP contribution in [0.4, 0.5) is 0 Å². The Morgan fingerprint density at radius 2 is 1.78 bits per heavy atom. The van der Waals surface area contributed by atoms with Crippen LogP contribution in [0.3, 0.4) is 0 Å². The summed E-state index contributed by atoms with van der Waals surface area (Å²) in [6.45, 7) is 2.15.